The molecule has 0 aromatic carbocycles. The molecule has 6 heteroatoms. The van der Waals surface area contributed by atoms with Gasteiger partial charge >= 0.3 is 0 Å². The summed E-state index contributed by atoms with van der Waals surface area (Å²) >= 11 is 0. The first-order chi connectivity index (χ1) is 9.56. The monoisotopic (exact) mass is 282 g/mol. The first-order valence-corrected chi connectivity index (χ1v) is 6.98. The normalized spacial score (nSPS) is 17.9. The van der Waals surface area contributed by atoms with E-state index in [-0.39, 0.29) is 12.5 Å². The lowest BCUT2D eigenvalue weighted by molar-refractivity contribution is -0.125. The van der Waals surface area contributed by atoms with Crippen LogP contribution in [0.1, 0.15) is 36.3 Å². The lowest BCUT2D eigenvalue weighted by Gasteiger charge is -2.36. The lowest BCUT2D eigenvalue weighted by atomic mass is 9.90. The molecular formula is C14H22N2O4. The number of aryl methyl sites for hydroxylation is 2. The molecule has 6 nitrogen and oxygen atoms in total. The summed E-state index contributed by atoms with van der Waals surface area (Å²) in [5, 5.41) is 16.4. The van der Waals surface area contributed by atoms with Crippen LogP contribution in [0.25, 0.3) is 0 Å². The van der Waals surface area contributed by atoms with Gasteiger partial charge in [-0.05, 0) is 33.1 Å². The Balaban J connectivity index is 1.89. The number of aromatic nitrogens is 1. The summed E-state index contributed by atoms with van der Waals surface area (Å²) in [6.45, 7) is 4.82. The number of carbonyl (C=O) groups is 1. The number of nitrogens with zero attached hydrogens (tertiary/aromatic N) is 1. The minimum atomic E-state index is -0.520. The van der Waals surface area contributed by atoms with E-state index in [9.17, 15) is 9.90 Å². The predicted molar refractivity (Wildman–Crippen MR) is 72.3 cm³/mol. The Morgan fingerprint density at radius 3 is 2.65 bits per heavy atom. The Hall–Kier alpha value is -1.40. The first-order valence-electron chi connectivity index (χ1n) is 6.98. The molecule has 0 atom stereocenters. The van der Waals surface area contributed by atoms with Gasteiger partial charge in [0.05, 0.1) is 17.8 Å². The van der Waals surface area contributed by atoms with Gasteiger partial charge in [-0.3, -0.25) is 4.79 Å². The van der Waals surface area contributed by atoms with Crippen LogP contribution in [0.5, 0.6) is 0 Å². The Morgan fingerprint density at radius 2 is 2.10 bits per heavy atom. The Kier molecular flexibility index (Phi) is 4.77. The number of carbonyl (C=O) groups excluding carboxylic acids is 1. The largest absolute Gasteiger partial charge is 0.394 e. The lowest BCUT2D eigenvalue weighted by Crippen LogP contribution is -2.54. The molecule has 1 saturated heterocycles. The summed E-state index contributed by atoms with van der Waals surface area (Å²) in [6.07, 6.45) is 2.28. The van der Waals surface area contributed by atoms with Gasteiger partial charge in [-0.2, -0.15) is 0 Å². The number of aliphatic hydroxyl groups is 1. The second kappa shape index (κ2) is 6.37. The van der Waals surface area contributed by atoms with E-state index in [1.54, 1.807) is 0 Å². The van der Waals surface area contributed by atoms with Crippen molar-refractivity contribution in [3.8, 4) is 0 Å². The quantitative estimate of drug-likeness (QED) is 0.837. The highest BCUT2D eigenvalue weighted by atomic mass is 16.5. The second-order valence-corrected chi connectivity index (χ2v) is 5.40. The van der Waals surface area contributed by atoms with Crippen LogP contribution in [-0.2, 0) is 16.0 Å². The highest BCUT2D eigenvalue weighted by molar-refractivity contribution is 5.77. The maximum atomic E-state index is 12.1. The van der Waals surface area contributed by atoms with Crippen molar-refractivity contribution in [2.45, 2.75) is 45.1 Å². The van der Waals surface area contributed by atoms with Gasteiger partial charge < -0.3 is 19.7 Å². The molecule has 0 radical (unpaired) electrons. The summed E-state index contributed by atoms with van der Waals surface area (Å²) in [4.78, 5) is 12.1. The van der Waals surface area contributed by atoms with E-state index in [1.165, 1.54) is 0 Å². The molecule has 2 N–H and O–H groups in total. The molecule has 1 aliphatic rings. The molecule has 0 spiro atoms. The van der Waals surface area contributed by atoms with Crippen molar-refractivity contribution >= 4 is 5.91 Å². The Bertz CT molecular complexity index is 444. The van der Waals surface area contributed by atoms with Crippen LogP contribution >= 0.6 is 0 Å². The number of hydrogen-bond donors (Lipinski definition) is 2. The summed E-state index contributed by atoms with van der Waals surface area (Å²) in [5.41, 5.74) is 1.30. The van der Waals surface area contributed by atoms with E-state index in [0.717, 1.165) is 17.0 Å². The van der Waals surface area contributed by atoms with Crippen LogP contribution < -0.4 is 5.32 Å². The molecule has 1 fully saturated rings. The average Bonchev–Trinajstić information content (AvgIpc) is 2.77. The third-order valence-electron chi connectivity index (χ3n) is 3.94. The average molecular weight is 282 g/mol. The Morgan fingerprint density at radius 1 is 1.40 bits per heavy atom. The van der Waals surface area contributed by atoms with E-state index in [1.807, 2.05) is 13.8 Å². The van der Waals surface area contributed by atoms with Crippen molar-refractivity contribution in [3.05, 3.63) is 17.0 Å². The van der Waals surface area contributed by atoms with E-state index >= 15 is 0 Å². The smallest absolute Gasteiger partial charge is 0.220 e. The van der Waals surface area contributed by atoms with Crippen LogP contribution in [0.15, 0.2) is 4.52 Å². The summed E-state index contributed by atoms with van der Waals surface area (Å²) in [6, 6.07) is 0. The standard InChI is InChI=1S/C14H22N2O4/c1-10-12(11(2)20-16-10)3-4-13(18)15-14(9-17)5-7-19-8-6-14/h17H,3-9H2,1-2H3,(H,15,18). The predicted octanol–water partition coefficient (Wildman–Crippen LogP) is 0.882. The summed E-state index contributed by atoms with van der Waals surface area (Å²) in [5.74, 6) is 0.708. The molecular weight excluding hydrogens is 260 g/mol. The first kappa shape index (κ1) is 15.0. The molecule has 1 aromatic heterocycles. The fourth-order valence-corrected chi connectivity index (χ4v) is 2.54. The van der Waals surface area contributed by atoms with Crippen molar-refractivity contribution in [1.29, 1.82) is 0 Å². The molecule has 1 aromatic rings. The molecule has 112 valence electrons. The van der Waals surface area contributed by atoms with Crippen molar-refractivity contribution < 1.29 is 19.2 Å². The van der Waals surface area contributed by atoms with Crippen molar-refractivity contribution in [3.63, 3.8) is 0 Å². The zero-order valence-electron chi connectivity index (χ0n) is 12.1. The second-order valence-electron chi connectivity index (χ2n) is 5.40. The third kappa shape index (κ3) is 3.37. The zero-order valence-corrected chi connectivity index (χ0v) is 12.1. The van der Waals surface area contributed by atoms with Crippen LogP contribution in [0.4, 0.5) is 0 Å². The fourth-order valence-electron chi connectivity index (χ4n) is 2.54. The number of aliphatic hydroxyl groups excluding tert-OH is 1. The van der Waals surface area contributed by atoms with Crippen LogP contribution in [0.3, 0.4) is 0 Å². The van der Waals surface area contributed by atoms with Crippen molar-refractivity contribution in [2.24, 2.45) is 0 Å². The minimum absolute atomic E-state index is 0.0482. The molecule has 0 unspecified atom stereocenters. The van der Waals surface area contributed by atoms with Gasteiger partial charge in [-0.15, -0.1) is 0 Å². The highest BCUT2D eigenvalue weighted by Crippen LogP contribution is 2.21. The number of nitrogens with one attached hydrogen (secondary N) is 1. The van der Waals surface area contributed by atoms with Crippen LogP contribution in [0, 0.1) is 13.8 Å². The van der Waals surface area contributed by atoms with Crippen LogP contribution in [0.2, 0.25) is 0 Å². The van der Waals surface area contributed by atoms with Gasteiger partial charge in [0.1, 0.15) is 5.76 Å². The topological polar surface area (TPSA) is 84.6 Å². The number of hydrogen-bond acceptors (Lipinski definition) is 5. The fraction of sp³-hybridized carbons (Fsp3) is 0.714. The zero-order chi connectivity index (χ0) is 14.6. The number of rotatable bonds is 5. The van der Waals surface area contributed by atoms with Crippen molar-refractivity contribution in [1.82, 2.24) is 10.5 Å². The van der Waals surface area contributed by atoms with Crippen molar-refractivity contribution in [2.75, 3.05) is 19.8 Å². The van der Waals surface area contributed by atoms with Gasteiger partial charge in [0.15, 0.2) is 0 Å². The van der Waals surface area contributed by atoms with Gasteiger partial charge in [-0.25, -0.2) is 0 Å². The molecule has 2 rings (SSSR count). The SMILES string of the molecule is Cc1noc(C)c1CCC(=O)NC1(CO)CCOCC1. The van der Waals surface area contributed by atoms with Gasteiger partial charge in [-0.1, -0.05) is 5.16 Å². The summed E-state index contributed by atoms with van der Waals surface area (Å²) < 4.78 is 10.4. The molecule has 1 aliphatic heterocycles. The van der Waals surface area contributed by atoms with E-state index in [4.69, 9.17) is 9.26 Å². The number of ether oxygens (including phenoxy) is 1. The molecule has 1 amide bonds. The highest BCUT2D eigenvalue weighted by Gasteiger charge is 2.33. The third-order valence-corrected chi connectivity index (χ3v) is 3.94. The number of amides is 1. The van der Waals surface area contributed by atoms with E-state index < -0.39 is 5.54 Å². The Labute approximate surface area is 118 Å². The molecule has 0 saturated carbocycles. The molecule has 0 aliphatic carbocycles. The molecule has 0 bridgehead atoms. The maximum absolute atomic E-state index is 12.1. The van der Waals surface area contributed by atoms with E-state index in [2.05, 4.69) is 10.5 Å². The molecule has 2 heterocycles. The summed E-state index contributed by atoms with van der Waals surface area (Å²) in [7, 11) is 0. The van der Waals surface area contributed by atoms with Gasteiger partial charge in [0.2, 0.25) is 5.91 Å². The van der Waals surface area contributed by atoms with E-state index in [0.29, 0.717) is 38.9 Å². The molecule has 20 heavy (non-hydrogen) atoms. The van der Waals surface area contributed by atoms with Crippen LogP contribution in [-0.4, -0.2) is 41.5 Å². The minimum Gasteiger partial charge on any atom is -0.394 e. The van der Waals surface area contributed by atoms with Gasteiger partial charge in [0.25, 0.3) is 0 Å². The van der Waals surface area contributed by atoms with Gasteiger partial charge in [0, 0.05) is 25.2 Å². The maximum Gasteiger partial charge on any atom is 0.220 e.